The molecular weight excluding hydrogens is 277 g/mol. The Balaban J connectivity index is 2.17. The third-order valence-electron chi connectivity index (χ3n) is 2.64. The van der Waals surface area contributed by atoms with Crippen LogP contribution < -0.4 is 16.4 Å². The van der Waals surface area contributed by atoms with Crippen molar-refractivity contribution in [1.29, 1.82) is 0 Å². The minimum absolute atomic E-state index is 0.0117. The van der Waals surface area contributed by atoms with Gasteiger partial charge in [-0.05, 0) is 30.3 Å². The SMILES string of the molecule is Nc1ccc(NC(=O)Nc2ccccc2F)c(C(=O)O)c1. The third-order valence-corrected chi connectivity index (χ3v) is 2.64. The van der Waals surface area contributed by atoms with E-state index in [1.165, 1.54) is 36.4 Å². The summed E-state index contributed by atoms with van der Waals surface area (Å²) in [5.74, 6) is -1.83. The maximum absolute atomic E-state index is 13.4. The van der Waals surface area contributed by atoms with Crippen molar-refractivity contribution in [2.75, 3.05) is 16.4 Å². The maximum Gasteiger partial charge on any atom is 0.337 e. The number of nitrogens with one attached hydrogen (secondary N) is 2. The lowest BCUT2D eigenvalue weighted by Gasteiger charge is -2.11. The molecule has 0 aliphatic heterocycles. The molecule has 2 aromatic carbocycles. The zero-order chi connectivity index (χ0) is 15.4. The van der Waals surface area contributed by atoms with Gasteiger partial charge >= 0.3 is 12.0 Å². The number of carboxylic acid groups (broad SMARTS) is 1. The van der Waals surface area contributed by atoms with Gasteiger partial charge in [-0.1, -0.05) is 12.1 Å². The van der Waals surface area contributed by atoms with Gasteiger partial charge in [0, 0.05) is 5.69 Å². The molecule has 7 heteroatoms. The standard InChI is InChI=1S/C14H12FN3O3/c15-10-3-1-2-4-12(10)18-14(21)17-11-6-5-8(16)7-9(11)13(19)20/h1-7H,16H2,(H,19,20)(H2,17,18,21). The Labute approximate surface area is 119 Å². The smallest absolute Gasteiger partial charge is 0.337 e. The summed E-state index contributed by atoms with van der Waals surface area (Å²) in [6.07, 6.45) is 0. The number of rotatable bonds is 3. The van der Waals surface area contributed by atoms with Crippen LogP contribution in [0.2, 0.25) is 0 Å². The summed E-state index contributed by atoms with van der Waals surface area (Å²) < 4.78 is 13.4. The molecule has 0 saturated heterocycles. The molecule has 0 spiro atoms. The molecule has 5 N–H and O–H groups in total. The van der Waals surface area contributed by atoms with Crippen LogP contribution in [0.4, 0.5) is 26.2 Å². The van der Waals surface area contributed by atoms with E-state index in [4.69, 9.17) is 10.8 Å². The molecule has 6 nitrogen and oxygen atoms in total. The van der Waals surface area contributed by atoms with E-state index in [0.717, 1.165) is 0 Å². The fraction of sp³-hybridized carbons (Fsp3) is 0. The Bertz CT molecular complexity index is 704. The average molecular weight is 289 g/mol. The second-order valence-corrected chi connectivity index (χ2v) is 4.17. The number of carboxylic acids is 1. The number of halogens is 1. The predicted molar refractivity (Wildman–Crippen MR) is 76.9 cm³/mol. The van der Waals surface area contributed by atoms with E-state index < -0.39 is 17.8 Å². The van der Waals surface area contributed by atoms with Gasteiger partial charge in [-0.2, -0.15) is 0 Å². The van der Waals surface area contributed by atoms with E-state index in [1.54, 1.807) is 6.07 Å². The van der Waals surface area contributed by atoms with Crippen molar-refractivity contribution in [1.82, 2.24) is 0 Å². The number of nitrogens with two attached hydrogens (primary N) is 1. The summed E-state index contributed by atoms with van der Waals surface area (Å²) in [6, 6.07) is 8.90. The highest BCUT2D eigenvalue weighted by Crippen LogP contribution is 2.20. The minimum Gasteiger partial charge on any atom is -0.478 e. The van der Waals surface area contributed by atoms with Crippen LogP contribution in [0.1, 0.15) is 10.4 Å². The molecule has 0 aliphatic rings. The summed E-state index contributed by atoms with van der Waals surface area (Å²) in [5, 5.41) is 13.7. The molecule has 0 aromatic heterocycles. The molecule has 0 heterocycles. The van der Waals surface area contributed by atoms with Crippen LogP contribution in [0.3, 0.4) is 0 Å². The van der Waals surface area contributed by atoms with Crippen LogP contribution in [0, 0.1) is 5.82 Å². The van der Waals surface area contributed by atoms with Crippen LogP contribution >= 0.6 is 0 Å². The minimum atomic E-state index is -1.23. The Hall–Kier alpha value is -3.09. The molecule has 2 rings (SSSR count). The Morgan fingerprint density at radius 3 is 2.38 bits per heavy atom. The molecular formula is C14H12FN3O3. The van der Waals surface area contributed by atoms with E-state index in [2.05, 4.69) is 10.6 Å². The molecule has 21 heavy (non-hydrogen) atoms. The van der Waals surface area contributed by atoms with Crippen molar-refractivity contribution < 1.29 is 19.1 Å². The van der Waals surface area contributed by atoms with Crippen LogP contribution in [-0.4, -0.2) is 17.1 Å². The number of urea groups is 1. The fourth-order valence-corrected chi connectivity index (χ4v) is 1.69. The first-order chi connectivity index (χ1) is 9.97. The Kier molecular flexibility index (Phi) is 4.03. The van der Waals surface area contributed by atoms with Crippen LogP contribution in [0.25, 0.3) is 0 Å². The predicted octanol–water partition coefficient (Wildman–Crippen LogP) is 2.75. The lowest BCUT2D eigenvalue weighted by Crippen LogP contribution is -2.21. The highest BCUT2D eigenvalue weighted by atomic mass is 19.1. The molecule has 108 valence electrons. The largest absolute Gasteiger partial charge is 0.478 e. The normalized spacial score (nSPS) is 9.95. The molecule has 0 saturated carbocycles. The zero-order valence-corrected chi connectivity index (χ0v) is 10.8. The number of carbonyl (C=O) groups is 2. The van der Waals surface area contributed by atoms with Gasteiger partial charge in [-0.3, -0.25) is 0 Å². The number of carbonyl (C=O) groups excluding carboxylic acids is 1. The van der Waals surface area contributed by atoms with Crippen molar-refractivity contribution in [2.24, 2.45) is 0 Å². The number of para-hydroxylation sites is 1. The Morgan fingerprint density at radius 2 is 1.71 bits per heavy atom. The topological polar surface area (TPSA) is 104 Å². The van der Waals surface area contributed by atoms with Gasteiger partial charge in [0.25, 0.3) is 0 Å². The second kappa shape index (κ2) is 5.91. The van der Waals surface area contributed by atoms with Crippen molar-refractivity contribution >= 4 is 29.1 Å². The number of hydrogen-bond acceptors (Lipinski definition) is 3. The summed E-state index contributed by atoms with van der Waals surface area (Å²) in [6.45, 7) is 0. The summed E-state index contributed by atoms with van der Waals surface area (Å²) in [7, 11) is 0. The van der Waals surface area contributed by atoms with E-state index >= 15 is 0 Å². The first kappa shape index (κ1) is 14.3. The highest BCUT2D eigenvalue weighted by Gasteiger charge is 2.13. The average Bonchev–Trinajstić information content (AvgIpc) is 2.43. The summed E-state index contributed by atoms with van der Waals surface area (Å²) >= 11 is 0. The van der Waals surface area contributed by atoms with Crippen LogP contribution in [0.15, 0.2) is 42.5 Å². The van der Waals surface area contributed by atoms with Gasteiger partial charge in [0.05, 0.1) is 16.9 Å². The lowest BCUT2D eigenvalue weighted by atomic mass is 10.1. The van der Waals surface area contributed by atoms with Gasteiger partial charge in [0.1, 0.15) is 5.82 Å². The summed E-state index contributed by atoms with van der Waals surface area (Å²) in [4.78, 5) is 22.9. The van der Waals surface area contributed by atoms with E-state index in [-0.39, 0.29) is 22.6 Å². The van der Waals surface area contributed by atoms with E-state index in [1.807, 2.05) is 0 Å². The van der Waals surface area contributed by atoms with E-state index in [0.29, 0.717) is 0 Å². The van der Waals surface area contributed by atoms with Gasteiger partial charge < -0.3 is 21.5 Å². The monoisotopic (exact) mass is 289 g/mol. The molecule has 0 fully saturated rings. The fourth-order valence-electron chi connectivity index (χ4n) is 1.69. The van der Waals surface area contributed by atoms with Gasteiger partial charge in [-0.15, -0.1) is 0 Å². The van der Waals surface area contributed by atoms with Crippen molar-refractivity contribution in [3.8, 4) is 0 Å². The van der Waals surface area contributed by atoms with Gasteiger partial charge in [0.2, 0.25) is 0 Å². The van der Waals surface area contributed by atoms with Gasteiger partial charge in [0.15, 0.2) is 0 Å². The lowest BCUT2D eigenvalue weighted by molar-refractivity contribution is 0.0698. The van der Waals surface area contributed by atoms with Crippen molar-refractivity contribution in [2.45, 2.75) is 0 Å². The van der Waals surface area contributed by atoms with Crippen LogP contribution in [0.5, 0.6) is 0 Å². The first-order valence-corrected chi connectivity index (χ1v) is 5.92. The number of nitrogen functional groups attached to an aromatic ring is 1. The van der Waals surface area contributed by atoms with E-state index in [9.17, 15) is 14.0 Å². The van der Waals surface area contributed by atoms with Crippen LogP contribution in [-0.2, 0) is 0 Å². The third kappa shape index (κ3) is 3.47. The van der Waals surface area contributed by atoms with Gasteiger partial charge in [-0.25, -0.2) is 14.0 Å². The maximum atomic E-state index is 13.4. The zero-order valence-electron chi connectivity index (χ0n) is 10.8. The quantitative estimate of drug-likeness (QED) is 0.652. The molecule has 0 atom stereocenters. The molecule has 2 amide bonds. The molecule has 0 unspecified atom stereocenters. The van der Waals surface area contributed by atoms with Crippen molar-refractivity contribution in [3.05, 3.63) is 53.8 Å². The molecule has 0 bridgehead atoms. The van der Waals surface area contributed by atoms with Crippen molar-refractivity contribution in [3.63, 3.8) is 0 Å². The number of aromatic carboxylic acids is 1. The second-order valence-electron chi connectivity index (χ2n) is 4.17. The first-order valence-electron chi connectivity index (χ1n) is 5.92. The molecule has 0 radical (unpaired) electrons. The summed E-state index contributed by atoms with van der Waals surface area (Å²) in [5.41, 5.74) is 5.65. The molecule has 2 aromatic rings. The number of benzene rings is 2. The molecule has 0 aliphatic carbocycles. The Morgan fingerprint density at radius 1 is 1.05 bits per heavy atom. The number of anilines is 3. The highest BCUT2D eigenvalue weighted by molar-refractivity contribution is 6.05. The number of amides is 2. The number of hydrogen-bond donors (Lipinski definition) is 4.